The van der Waals surface area contributed by atoms with Crippen LogP contribution in [0.2, 0.25) is 0 Å². The lowest BCUT2D eigenvalue weighted by Crippen LogP contribution is -2.51. The molecule has 2 fully saturated rings. The van der Waals surface area contributed by atoms with E-state index in [1.807, 2.05) is 23.1 Å². The van der Waals surface area contributed by atoms with Crippen molar-refractivity contribution in [1.29, 1.82) is 0 Å². The van der Waals surface area contributed by atoms with E-state index in [1.54, 1.807) is 12.4 Å². The molecule has 0 saturated carbocycles. The molecule has 2 atom stereocenters. The Bertz CT molecular complexity index is 892. The number of fused-ring (bicyclic) bond motifs is 1. The van der Waals surface area contributed by atoms with E-state index >= 15 is 0 Å². The number of nitrogens with one attached hydrogen (secondary N) is 1. The molecule has 0 bridgehead atoms. The van der Waals surface area contributed by atoms with Gasteiger partial charge in [-0.15, -0.1) is 6.58 Å². The number of halogens is 6. The van der Waals surface area contributed by atoms with E-state index in [0.29, 0.717) is 19.0 Å². The number of carboxylic acids is 2. The summed E-state index contributed by atoms with van der Waals surface area (Å²) < 4.78 is 69.5. The number of carbonyl (C=O) groups excluding carboxylic acids is 1. The lowest BCUT2D eigenvalue weighted by atomic mass is 9.93. The Morgan fingerprint density at radius 1 is 1.11 bits per heavy atom. The Morgan fingerprint density at radius 3 is 2.21 bits per heavy atom. The zero-order valence-corrected chi connectivity index (χ0v) is 20.0. The zero-order valence-electron chi connectivity index (χ0n) is 20.0. The number of nitrogens with zero attached hydrogens (tertiary/aromatic N) is 3. The third-order valence-electron chi connectivity index (χ3n) is 5.25. The van der Waals surface area contributed by atoms with Crippen molar-refractivity contribution in [3.63, 3.8) is 0 Å². The quantitative estimate of drug-likeness (QED) is 0.380. The predicted molar refractivity (Wildman–Crippen MR) is 120 cm³/mol. The second-order valence-corrected chi connectivity index (χ2v) is 8.08. The fourth-order valence-electron chi connectivity index (χ4n) is 3.44. The summed E-state index contributed by atoms with van der Waals surface area (Å²) in [5.74, 6) is -5.02. The minimum Gasteiger partial charge on any atom is -0.475 e. The van der Waals surface area contributed by atoms with E-state index in [9.17, 15) is 31.1 Å². The molecule has 0 unspecified atom stereocenters. The van der Waals surface area contributed by atoms with Crippen molar-refractivity contribution in [1.82, 2.24) is 20.1 Å². The SMILES string of the molecule is C=CCN1CCO[C@@H]2CN(C(=O)NCc3cccnc3)CC[C@@H]2C1.O=C(O)C(F)(F)F.O=C(O)C(F)(F)F. The molecule has 214 valence electrons. The first-order chi connectivity index (χ1) is 17.6. The lowest BCUT2D eigenvalue weighted by Gasteiger charge is -2.37. The van der Waals surface area contributed by atoms with Gasteiger partial charge >= 0.3 is 30.3 Å². The fraction of sp³-hybridized carbons (Fsp3) is 0.545. The third kappa shape index (κ3) is 12.2. The molecular weight excluding hydrogens is 530 g/mol. The van der Waals surface area contributed by atoms with Gasteiger partial charge in [0.2, 0.25) is 0 Å². The zero-order chi connectivity index (χ0) is 28.9. The highest BCUT2D eigenvalue weighted by molar-refractivity contribution is 5.74. The summed E-state index contributed by atoms with van der Waals surface area (Å²) in [6, 6.07) is 3.82. The molecule has 3 heterocycles. The van der Waals surface area contributed by atoms with E-state index in [1.165, 1.54) is 0 Å². The van der Waals surface area contributed by atoms with E-state index < -0.39 is 24.3 Å². The number of rotatable bonds is 4. The number of piperidine rings is 1. The van der Waals surface area contributed by atoms with Gasteiger partial charge in [0.1, 0.15) is 0 Å². The van der Waals surface area contributed by atoms with Crippen LogP contribution in [0.5, 0.6) is 0 Å². The number of alkyl halides is 6. The van der Waals surface area contributed by atoms with Gasteiger partial charge in [0.25, 0.3) is 0 Å². The number of aliphatic carboxylic acids is 2. The minimum absolute atomic E-state index is 0.0203. The number of pyridine rings is 1. The number of likely N-dealkylation sites (tertiary alicyclic amines) is 1. The second kappa shape index (κ2) is 15.1. The van der Waals surface area contributed by atoms with Gasteiger partial charge < -0.3 is 25.2 Å². The number of ether oxygens (including phenoxy) is 1. The summed E-state index contributed by atoms with van der Waals surface area (Å²) in [7, 11) is 0. The van der Waals surface area contributed by atoms with Crippen LogP contribution in [-0.4, -0.2) is 101 Å². The monoisotopic (exact) mass is 558 g/mol. The topological polar surface area (TPSA) is 132 Å². The second-order valence-electron chi connectivity index (χ2n) is 8.08. The molecule has 0 spiro atoms. The van der Waals surface area contributed by atoms with E-state index in [0.717, 1.165) is 44.8 Å². The van der Waals surface area contributed by atoms with Gasteiger partial charge in [-0.3, -0.25) is 9.88 Å². The number of aromatic nitrogens is 1. The number of carbonyl (C=O) groups is 3. The van der Waals surface area contributed by atoms with Crippen molar-refractivity contribution >= 4 is 18.0 Å². The van der Waals surface area contributed by atoms with Gasteiger partial charge in [-0.2, -0.15) is 26.3 Å². The Labute approximate surface area is 213 Å². The summed E-state index contributed by atoms with van der Waals surface area (Å²) in [5, 5.41) is 17.2. The van der Waals surface area contributed by atoms with Crippen LogP contribution in [0.15, 0.2) is 37.2 Å². The maximum atomic E-state index is 12.4. The van der Waals surface area contributed by atoms with Crippen LogP contribution in [0.25, 0.3) is 0 Å². The van der Waals surface area contributed by atoms with Gasteiger partial charge in [-0.25, -0.2) is 14.4 Å². The van der Waals surface area contributed by atoms with Crippen LogP contribution in [0.3, 0.4) is 0 Å². The molecule has 38 heavy (non-hydrogen) atoms. The largest absolute Gasteiger partial charge is 0.490 e. The number of amides is 2. The van der Waals surface area contributed by atoms with Gasteiger partial charge in [0, 0.05) is 57.6 Å². The van der Waals surface area contributed by atoms with E-state index in [-0.39, 0.29) is 12.1 Å². The van der Waals surface area contributed by atoms with Gasteiger partial charge in [-0.1, -0.05) is 12.1 Å². The Kier molecular flexibility index (Phi) is 13.0. The first kappa shape index (κ1) is 32.6. The number of urea groups is 1. The van der Waals surface area contributed by atoms with Crippen molar-refractivity contribution < 1.29 is 55.7 Å². The minimum atomic E-state index is -5.08. The summed E-state index contributed by atoms with van der Waals surface area (Å²) in [6.07, 6.45) is -3.60. The highest BCUT2D eigenvalue weighted by Crippen LogP contribution is 2.24. The molecule has 2 amide bonds. The standard InChI is InChI=1S/C18H26N4O2.2C2HF3O2/c1-2-7-21-9-10-24-17-14-22(8-5-16(17)13-21)18(23)20-12-15-4-3-6-19-11-15;2*3-2(4,5)1(6)7/h2-4,6,11,16-17H,1,5,7-10,12-14H2,(H,20,23);2*(H,6,7)/t16-,17-;;/m1../s1. The van der Waals surface area contributed by atoms with Gasteiger partial charge in [0.05, 0.1) is 12.7 Å². The van der Waals surface area contributed by atoms with Crippen molar-refractivity contribution in [2.24, 2.45) is 5.92 Å². The molecule has 3 N–H and O–H groups in total. The number of carboxylic acid groups (broad SMARTS) is 2. The lowest BCUT2D eigenvalue weighted by molar-refractivity contribution is -0.193. The van der Waals surface area contributed by atoms with Crippen molar-refractivity contribution in [3.05, 3.63) is 42.7 Å². The van der Waals surface area contributed by atoms with Crippen LogP contribution in [0, 0.1) is 5.92 Å². The molecule has 0 aromatic carbocycles. The van der Waals surface area contributed by atoms with Crippen LogP contribution in [0.4, 0.5) is 31.1 Å². The van der Waals surface area contributed by atoms with Crippen LogP contribution >= 0.6 is 0 Å². The fourth-order valence-corrected chi connectivity index (χ4v) is 3.44. The molecule has 0 aliphatic carbocycles. The molecule has 2 saturated heterocycles. The molecule has 1 aromatic heterocycles. The van der Waals surface area contributed by atoms with Crippen molar-refractivity contribution in [2.75, 3.05) is 39.3 Å². The molecule has 10 nitrogen and oxygen atoms in total. The van der Waals surface area contributed by atoms with Gasteiger partial charge in [0.15, 0.2) is 0 Å². The summed E-state index contributed by atoms with van der Waals surface area (Å²) >= 11 is 0. The van der Waals surface area contributed by atoms with Crippen LogP contribution in [0.1, 0.15) is 12.0 Å². The van der Waals surface area contributed by atoms with Crippen LogP contribution in [-0.2, 0) is 20.9 Å². The first-order valence-corrected chi connectivity index (χ1v) is 11.1. The number of hydrogen-bond donors (Lipinski definition) is 3. The highest BCUT2D eigenvalue weighted by atomic mass is 19.4. The van der Waals surface area contributed by atoms with Crippen LogP contribution < -0.4 is 5.32 Å². The molecular formula is C22H28F6N4O6. The molecule has 0 radical (unpaired) electrons. The summed E-state index contributed by atoms with van der Waals surface area (Å²) in [6.45, 7) is 9.38. The van der Waals surface area contributed by atoms with Gasteiger partial charge in [-0.05, 0) is 18.1 Å². The molecule has 3 rings (SSSR count). The molecule has 16 heteroatoms. The third-order valence-corrected chi connectivity index (χ3v) is 5.25. The summed E-state index contributed by atoms with van der Waals surface area (Å²) in [4.78, 5) is 38.5. The number of hydrogen-bond acceptors (Lipinski definition) is 6. The summed E-state index contributed by atoms with van der Waals surface area (Å²) in [5.41, 5.74) is 1.01. The Morgan fingerprint density at radius 2 is 1.71 bits per heavy atom. The Balaban J connectivity index is 0.000000426. The molecule has 2 aliphatic rings. The van der Waals surface area contributed by atoms with E-state index in [4.69, 9.17) is 24.5 Å². The highest BCUT2D eigenvalue weighted by Gasteiger charge is 2.39. The molecule has 1 aromatic rings. The van der Waals surface area contributed by atoms with E-state index in [2.05, 4.69) is 21.8 Å². The molecule has 2 aliphatic heterocycles. The Hall–Kier alpha value is -3.40. The normalized spacial score (nSPS) is 19.8. The van der Waals surface area contributed by atoms with Crippen molar-refractivity contribution in [2.45, 2.75) is 31.4 Å². The maximum absolute atomic E-state index is 12.4. The smallest absolute Gasteiger partial charge is 0.475 e. The first-order valence-electron chi connectivity index (χ1n) is 11.1. The van der Waals surface area contributed by atoms with Crippen molar-refractivity contribution in [3.8, 4) is 0 Å². The average molecular weight is 558 g/mol. The average Bonchev–Trinajstić information content (AvgIpc) is 3.04. The maximum Gasteiger partial charge on any atom is 0.490 e. The predicted octanol–water partition coefficient (Wildman–Crippen LogP) is 2.77.